The molecule has 9 nitrogen and oxygen atoms in total. The molecule has 0 atom stereocenters. The van der Waals surface area contributed by atoms with Crippen molar-refractivity contribution in [3.05, 3.63) is 54.2 Å². The summed E-state index contributed by atoms with van der Waals surface area (Å²) in [6.45, 7) is 8.05. The van der Waals surface area contributed by atoms with E-state index in [9.17, 15) is 9.59 Å². The number of amides is 1. The Morgan fingerprint density at radius 3 is 2.53 bits per heavy atom. The molecule has 0 bridgehead atoms. The van der Waals surface area contributed by atoms with Crippen LogP contribution in [-0.4, -0.2) is 44.5 Å². The van der Waals surface area contributed by atoms with E-state index >= 15 is 0 Å². The lowest BCUT2D eigenvalue weighted by Gasteiger charge is -2.32. The number of ether oxygens (including phenoxy) is 1. The Morgan fingerprint density at radius 1 is 1.11 bits per heavy atom. The van der Waals surface area contributed by atoms with E-state index in [0.29, 0.717) is 23.2 Å². The number of anilines is 1. The molecule has 0 radical (unpaired) electrons. The molecule has 0 saturated heterocycles. The number of carbonyl (C=O) groups excluding carboxylic acids is 2. The Labute approximate surface area is 221 Å². The first kappa shape index (κ1) is 25.6. The van der Waals surface area contributed by atoms with E-state index in [2.05, 4.69) is 22.2 Å². The van der Waals surface area contributed by atoms with Gasteiger partial charge in [0.1, 0.15) is 16.8 Å². The molecule has 1 amide bonds. The van der Waals surface area contributed by atoms with E-state index in [-0.39, 0.29) is 35.9 Å². The summed E-state index contributed by atoms with van der Waals surface area (Å²) in [4.78, 5) is 28.3. The topological polar surface area (TPSA) is 103 Å². The third-order valence-electron chi connectivity index (χ3n) is 7.10. The number of nitrogens with zero attached hydrogens (tertiary/aromatic N) is 5. The standard InChI is InChI=1S/C29H33N5O4/c1-5-37-29(36)22-17-33(32-27(22)34(18(2)3)28(35)20-12-10-19(4)11-13-20)26-15-14-23(30-31-26)25-16-21-8-6-7-9-24(21)38-25/h6-9,14-20H,5,10-13H2,1-4H3. The highest BCUT2D eigenvalue weighted by atomic mass is 16.5. The quantitative estimate of drug-likeness (QED) is 0.286. The van der Waals surface area contributed by atoms with Crippen molar-refractivity contribution in [2.24, 2.45) is 11.8 Å². The Morgan fingerprint density at radius 2 is 1.87 bits per heavy atom. The molecular weight excluding hydrogens is 482 g/mol. The first-order valence-electron chi connectivity index (χ1n) is 13.3. The van der Waals surface area contributed by atoms with Gasteiger partial charge >= 0.3 is 5.97 Å². The highest BCUT2D eigenvalue weighted by Crippen LogP contribution is 2.33. The molecule has 1 aliphatic rings. The normalized spacial score (nSPS) is 17.6. The maximum absolute atomic E-state index is 13.7. The van der Waals surface area contributed by atoms with E-state index in [0.717, 1.165) is 36.7 Å². The Hall–Kier alpha value is -4.01. The average Bonchev–Trinajstić information content (AvgIpc) is 3.54. The van der Waals surface area contributed by atoms with Crippen LogP contribution in [0, 0.1) is 11.8 Å². The Bertz CT molecular complexity index is 1400. The molecule has 0 unspecified atom stereocenters. The molecule has 1 aromatic carbocycles. The van der Waals surface area contributed by atoms with Crippen molar-refractivity contribution in [1.82, 2.24) is 20.0 Å². The van der Waals surface area contributed by atoms with Crippen LogP contribution in [0.2, 0.25) is 0 Å². The van der Waals surface area contributed by atoms with Crippen molar-refractivity contribution in [3.8, 4) is 17.3 Å². The zero-order valence-electron chi connectivity index (χ0n) is 22.3. The number of aromatic nitrogens is 4. The highest BCUT2D eigenvalue weighted by molar-refractivity contribution is 6.02. The number of benzene rings is 1. The highest BCUT2D eigenvalue weighted by Gasteiger charge is 2.34. The number of hydrogen-bond donors (Lipinski definition) is 0. The lowest BCUT2D eigenvalue weighted by molar-refractivity contribution is -0.124. The number of hydrogen-bond acceptors (Lipinski definition) is 7. The van der Waals surface area contributed by atoms with Crippen molar-refractivity contribution < 1.29 is 18.7 Å². The molecule has 1 saturated carbocycles. The van der Waals surface area contributed by atoms with Crippen LogP contribution in [0.1, 0.15) is 63.7 Å². The first-order valence-corrected chi connectivity index (χ1v) is 13.3. The molecular formula is C29H33N5O4. The Balaban J connectivity index is 1.48. The number of para-hydroxylation sites is 1. The fourth-order valence-electron chi connectivity index (χ4n) is 5.01. The van der Waals surface area contributed by atoms with Crippen molar-refractivity contribution in [3.63, 3.8) is 0 Å². The van der Waals surface area contributed by atoms with E-state index in [4.69, 9.17) is 9.15 Å². The third-order valence-corrected chi connectivity index (χ3v) is 7.10. The third kappa shape index (κ3) is 5.05. The van der Waals surface area contributed by atoms with E-state index < -0.39 is 5.97 Å². The van der Waals surface area contributed by atoms with Crippen LogP contribution >= 0.6 is 0 Å². The summed E-state index contributed by atoms with van der Waals surface area (Å²) in [6, 6.07) is 13.0. The summed E-state index contributed by atoms with van der Waals surface area (Å²) < 4.78 is 12.7. The second kappa shape index (κ2) is 10.8. The van der Waals surface area contributed by atoms with E-state index in [1.165, 1.54) is 4.68 Å². The molecule has 0 N–H and O–H groups in total. The molecule has 9 heteroatoms. The molecule has 0 aliphatic heterocycles. The molecule has 38 heavy (non-hydrogen) atoms. The lowest BCUT2D eigenvalue weighted by Crippen LogP contribution is -2.43. The van der Waals surface area contributed by atoms with Gasteiger partial charge < -0.3 is 9.15 Å². The molecule has 1 aliphatic carbocycles. The molecule has 0 spiro atoms. The summed E-state index contributed by atoms with van der Waals surface area (Å²) in [5.74, 6) is 1.30. The maximum atomic E-state index is 13.7. The van der Waals surface area contributed by atoms with Gasteiger partial charge in [-0.3, -0.25) is 9.69 Å². The summed E-state index contributed by atoms with van der Waals surface area (Å²) >= 11 is 0. The van der Waals surface area contributed by atoms with Crippen LogP contribution in [0.25, 0.3) is 28.2 Å². The van der Waals surface area contributed by atoms with E-state index in [1.807, 2.05) is 44.2 Å². The van der Waals surface area contributed by atoms with Gasteiger partial charge in [-0.15, -0.1) is 15.3 Å². The van der Waals surface area contributed by atoms with Crippen molar-refractivity contribution >= 4 is 28.7 Å². The summed E-state index contributed by atoms with van der Waals surface area (Å²) in [7, 11) is 0. The molecule has 198 valence electrons. The van der Waals surface area contributed by atoms with Crippen LogP contribution in [0.3, 0.4) is 0 Å². The molecule has 3 aromatic heterocycles. The van der Waals surface area contributed by atoms with Crippen molar-refractivity contribution in [2.75, 3.05) is 11.5 Å². The molecule has 4 aromatic rings. The monoisotopic (exact) mass is 515 g/mol. The zero-order chi connectivity index (χ0) is 26.8. The first-order chi connectivity index (χ1) is 18.4. The second-order valence-electron chi connectivity index (χ2n) is 10.2. The minimum Gasteiger partial charge on any atom is -0.462 e. The van der Waals surface area contributed by atoms with Gasteiger partial charge in [0.15, 0.2) is 17.4 Å². The van der Waals surface area contributed by atoms with Gasteiger partial charge in [0.2, 0.25) is 5.91 Å². The SMILES string of the molecule is CCOC(=O)c1cn(-c2ccc(-c3cc4ccccc4o3)nn2)nc1N(C(=O)C1CCC(C)CC1)C(C)C. The second-order valence-corrected chi connectivity index (χ2v) is 10.2. The number of rotatable bonds is 7. The van der Waals surface area contributed by atoms with Crippen LogP contribution in [-0.2, 0) is 9.53 Å². The van der Waals surface area contributed by atoms with Gasteiger partial charge in [0.25, 0.3) is 0 Å². The van der Waals surface area contributed by atoms with Crippen LogP contribution in [0.15, 0.2) is 53.1 Å². The summed E-state index contributed by atoms with van der Waals surface area (Å²) in [6.07, 6.45) is 5.29. The van der Waals surface area contributed by atoms with E-state index in [1.54, 1.807) is 30.2 Å². The van der Waals surface area contributed by atoms with Crippen molar-refractivity contribution in [1.29, 1.82) is 0 Å². The predicted molar refractivity (Wildman–Crippen MR) is 144 cm³/mol. The van der Waals surface area contributed by atoms with Gasteiger partial charge in [-0.2, -0.15) is 0 Å². The van der Waals surface area contributed by atoms with Gasteiger partial charge in [0, 0.05) is 23.5 Å². The van der Waals surface area contributed by atoms with Crippen LogP contribution in [0.4, 0.5) is 5.82 Å². The zero-order valence-corrected chi connectivity index (χ0v) is 22.3. The summed E-state index contributed by atoms with van der Waals surface area (Å²) in [5.41, 5.74) is 1.57. The van der Waals surface area contributed by atoms with Crippen LogP contribution < -0.4 is 4.90 Å². The molecule has 1 fully saturated rings. The number of carbonyl (C=O) groups is 2. The fraction of sp³-hybridized carbons (Fsp3) is 0.414. The number of esters is 1. The largest absolute Gasteiger partial charge is 0.462 e. The van der Waals surface area contributed by atoms with Gasteiger partial charge in [-0.05, 0) is 76.6 Å². The lowest BCUT2D eigenvalue weighted by atomic mass is 9.82. The molecule has 3 heterocycles. The van der Waals surface area contributed by atoms with Crippen LogP contribution in [0.5, 0.6) is 0 Å². The molecule has 5 rings (SSSR count). The van der Waals surface area contributed by atoms with Gasteiger partial charge in [-0.25, -0.2) is 9.48 Å². The number of furan rings is 1. The Kier molecular flexibility index (Phi) is 7.26. The minimum atomic E-state index is -0.531. The maximum Gasteiger partial charge on any atom is 0.343 e. The van der Waals surface area contributed by atoms with Gasteiger partial charge in [0.05, 0.1) is 6.61 Å². The number of fused-ring (bicyclic) bond motifs is 1. The van der Waals surface area contributed by atoms with Crippen molar-refractivity contribution in [2.45, 2.75) is 59.4 Å². The summed E-state index contributed by atoms with van der Waals surface area (Å²) in [5, 5.41) is 14.3. The van der Waals surface area contributed by atoms with Gasteiger partial charge in [-0.1, -0.05) is 25.1 Å². The fourth-order valence-corrected chi connectivity index (χ4v) is 5.01. The minimum absolute atomic E-state index is 0.00554. The smallest absolute Gasteiger partial charge is 0.343 e. The average molecular weight is 516 g/mol. The predicted octanol–water partition coefficient (Wildman–Crippen LogP) is 5.82.